The van der Waals surface area contributed by atoms with Gasteiger partial charge in [-0.25, -0.2) is 9.59 Å². The Balaban J connectivity index is 0.000000263. The Kier molecular flexibility index (Phi) is 7.02. The van der Waals surface area contributed by atoms with E-state index in [0.29, 0.717) is 0 Å². The summed E-state index contributed by atoms with van der Waals surface area (Å²) in [7, 11) is -2.99. The lowest BCUT2D eigenvalue weighted by molar-refractivity contribution is 0.104. The zero-order valence-electron chi connectivity index (χ0n) is 15.8. The van der Waals surface area contributed by atoms with Gasteiger partial charge in [0.1, 0.15) is 11.1 Å². The maximum atomic E-state index is 12.3. The molecule has 2 aromatic rings. The van der Waals surface area contributed by atoms with Crippen LogP contribution in [0.15, 0.2) is 48.5 Å². The Bertz CT molecular complexity index is 1090. The van der Waals surface area contributed by atoms with Crippen molar-refractivity contribution in [2.45, 2.75) is 13.8 Å². The number of carbonyl (C=O) groups excluding carboxylic acids is 2. The lowest BCUT2D eigenvalue weighted by Crippen LogP contribution is -2.04. The average Bonchev–Trinajstić information content (AvgIpc) is 2.66. The summed E-state index contributed by atoms with van der Waals surface area (Å²) in [5.74, 6) is 0. The molecule has 2 aliphatic carbocycles. The highest BCUT2D eigenvalue weighted by atomic mass is 35.5. The number of benzene rings is 3. The van der Waals surface area contributed by atoms with E-state index in [2.05, 4.69) is 26.0 Å². The van der Waals surface area contributed by atoms with Crippen LogP contribution >= 0.6 is 54.2 Å². The molecule has 4 rings (SSSR count). The molecule has 8 heteroatoms. The first kappa shape index (κ1) is 22.9. The van der Waals surface area contributed by atoms with Gasteiger partial charge in [-0.15, -0.1) is 0 Å². The molecule has 0 radical (unpaired) electrons. The van der Waals surface area contributed by atoms with Crippen molar-refractivity contribution >= 4 is 65.3 Å². The van der Waals surface area contributed by atoms with Crippen LogP contribution in [0.4, 0.5) is 0 Å². The fourth-order valence-electron chi connectivity index (χ4n) is 2.95. The third-order valence-corrected chi connectivity index (χ3v) is 7.24. The average molecular weight is 499 g/mol. The minimum atomic E-state index is -2.99. The third-order valence-electron chi connectivity index (χ3n) is 4.80. The molecule has 0 aliphatic heterocycles. The second-order valence-electron chi connectivity index (χ2n) is 6.51. The molecule has 0 amide bonds. The van der Waals surface area contributed by atoms with Gasteiger partial charge in [0.2, 0.25) is 0 Å². The SMILES string of the molecule is Cc1c2ccc-2c1C.O=C(c1c(Cl)cccc1Cl)[P+](=O)C(=O)c1c(Cl)cccc1Cl. The number of rotatable bonds is 4. The van der Waals surface area contributed by atoms with Crippen molar-refractivity contribution in [3.05, 3.63) is 90.9 Å². The summed E-state index contributed by atoms with van der Waals surface area (Å²) in [6.07, 6.45) is 0. The molecule has 0 aromatic heterocycles. The molecule has 0 unspecified atom stereocenters. The van der Waals surface area contributed by atoms with Crippen LogP contribution in [0.25, 0.3) is 11.1 Å². The van der Waals surface area contributed by atoms with E-state index in [1.54, 1.807) is 0 Å². The summed E-state index contributed by atoms with van der Waals surface area (Å²) < 4.78 is 12.3. The maximum absolute atomic E-state index is 12.3. The van der Waals surface area contributed by atoms with Crippen LogP contribution in [-0.4, -0.2) is 11.0 Å². The topological polar surface area (TPSA) is 51.2 Å². The smallest absolute Gasteiger partial charge is 0.233 e. The minimum absolute atomic E-state index is 0.0129. The van der Waals surface area contributed by atoms with Crippen molar-refractivity contribution < 1.29 is 14.2 Å². The van der Waals surface area contributed by atoms with Crippen LogP contribution in [0, 0.1) is 13.8 Å². The molecular formula is C22H14Cl4O3P+. The first-order valence-electron chi connectivity index (χ1n) is 8.69. The molecule has 0 saturated carbocycles. The fourth-order valence-corrected chi connectivity index (χ4v) is 5.42. The Morgan fingerprint density at radius 2 is 0.933 bits per heavy atom. The van der Waals surface area contributed by atoms with Crippen molar-refractivity contribution in [1.29, 1.82) is 0 Å². The van der Waals surface area contributed by atoms with Crippen molar-refractivity contribution in [3.63, 3.8) is 0 Å². The number of hydrogen-bond donors (Lipinski definition) is 0. The van der Waals surface area contributed by atoms with Gasteiger partial charge in [-0.05, 0) is 60.4 Å². The monoisotopic (exact) mass is 497 g/mol. The van der Waals surface area contributed by atoms with Gasteiger partial charge in [-0.2, -0.15) is 0 Å². The standard InChI is InChI=1S/C14H6Cl4O3P.C8H8/c15-7-3-1-4-8(16)11(7)13(19)22(21)14(20)12-9(17)5-2-6-10(12)18;1-5-6(2)8-4-3-7(5)8/h1-6H;3-4H,1-2H3/q+1;. The highest BCUT2D eigenvalue weighted by molar-refractivity contribution is 7.80. The predicted molar refractivity (Wildman–Crippen MR) is 124 cm³/mol. The van der Waals surface area contributed by atoms with Gasteiger partial charge in [0.05, 0.1) is 20.1 Å². The van der Waals surface area contributed by atoms with Crippen LogP contribution in [0.2, 0.25) is 20.1 Å². The van der Waals surface area contributed by atoms with Gasteiger partial charge < -0.3 is 0 Å². The van der Waals surface area contributed by atoms with Gasteiger partial charge in [0.25, 0.3) is 0 Å². The molecule has 0 N–H and O–H groups in total. The summed E-state index contributed by atoms with van der Waals surface area (Å²) in [6, 6.07) is 13.1. The van der Waals surface area contributed by atoms with E-state index in [1.807, 2.05) is 0 Å². The number of carbonyl (C=O) groups is 2. The Morgan fingerprint density at radius 3 is 1.17 bits per heavy atom. The molecule has 0 atom stereocenters. The Morgan fingerprint density at radius 1 is 0.633 bits per heavy atom. The van der Waals surface area contributed by atoms with E-state index in [9.17, 15) is 14.2 Å². The quantitative estimate of drug-likeness (QED) is 0.265. The van der Waals surface area contributed by atoms with E-state index in [4.69, 9.17) is 46.4 Å². The summed E-state index contributed by atoms with van der Waals surface area (Å²) in [4.78, 5) is 24.5. The second-order valence-corrected chi connectivity index (χ2v) is 9.54. The van der Waals surface area contributed by atoms with E-state index in [0.717, 1.165) is 0 Å². The van der Waals surface area contributed by atoms with Crippen molar-refractivity contribution in [2.24, 2.45) is 0 Å². The number of fused-ring (bicyclic) bond motifs is 1. The van der Waals surface area contributed by atoms with Gasteiger partial charge in [0.15, 0.2) is 0 Å². The molecule has 0 spiro atoms. The number of hydrogen-bond acceptors (Lipinski definition) is 3. The molecule has 0 saturated heterocycles. The summed E-state index contributed by atoms with van der Waals surface area (Å²) in [5.41, 5.74) is 3.69. The first-order chi connectivity index (χ1) is 14.1. The number of halogens is 4. The van der Waals surface area contributed by atoms with Crippen LogP contribution in [0.1, 0.15) is 31.8 Å². The molecule has 2 aliphatic rings. The molecular weight excluding hydrogens is 485 g/mol. The normalized spacial score (nSPS) is 10.7. The zero-order chi connectivity index (χ0) is 22.2. The molecule has 0 fully saturated rings. The van der Waals surface area contributed by atoms with Crippen LogP contribution in [-0.2, 0) is 4.57 Å². The van der Waals surface area contributed by atoms with E-state index >= 15 is 0 Å². The lowest BCUT2D eigenvalue weighted by Gasteiger charge is -2.23. The Labute approximate surface area is 194 Å². The van der Waals surface area contributed by atoms with Crippen molar-refractivity contribution in [3.8, 4) is 11.1 Å². The van der Waals surface area contributed by atoms with E-state index < -0.39 is 18.8 Å². The predicted octanol–water partition coefficient (Wildman–Crippen LogP) is 8.39. The third kappa shape index (κ3) is 4.19. The van der Waals surface area contributed by atoms with Gasteiger partial charge in [0, 0.05) is 0 Å². The van der Waals surface area contributed by atoms with Gasteiger partial charge in [-0.1, -0.05) is 75.2 Å². The van der Waals surface area contributed by atoms with Crippen LogP contribution < -0.4 is 0 Å². The second kappa shape index (κ2) is 9.18. The molecule has 152 valence electrons. The summed E-state index contributed by atoms with van der Waals surface area (Å²) in [6.45, 7) is 4.36. The van der Waals surface area contributed by atoms with Gasteiger partial charge in [-0.3, -0.25) is 0 Å². The van der Waals surface area contributed by atoms with Gasteiger partial charge >= 0.3 is 18.8 Å². The summed E-state index contributed by atoms with van der Waals surface area (Å²) >= 11 is 23.5. The van der Waals surface area contributed by atoms with Crippen LogP contribution in [0.5, 0.6) is 0 Å². The summed E-state index contributed by atoms with van der Waals surface area (Å²) in [5, 5.41) is 0.0515. The molecule has 0 heterocycles. The maximum Gasteiger partial charge on any atom is 0.502 e. The largest absolute Gasteiger partial charge is 0.502 e. The first-order valence-corrected chi connectivity index (χ1v) is 11.5. The van der Waals surface area contributed by atoms with E-state index in [-0.39, 0.29) is 31.2 Å². The highest BCUT2D eigenvalue weighted by Crippen LogP contribution is 2.41. The fraction of sp³-hybridized carbons (Fsp3) is 0.0909. The molecule has 0 bridgehead atoms. The lowest BCUT2D eigenvalue weighted by atomic mass is 9.81. The molecule has 3 nitrogen and oxygen atoms in total. The minimum Gasteiger partial charge on any atom is -0.233 e. The molecule has 2 aromatic carbocycles. The van der Waals surface area contributed by atoms with Crippen molar-refractivity contribution in [1.82, 2.24) is 0 Å². The Hall–Kier alpha value is -1.74. The van der Waals surface area contributed by atoms with E-state index in [1.165, 1.54) is 58.7 Å². The zero-order valence-corrected chi connectivity index (χ0v) is 19.7. The highest BCUT2D eigenvalue weighted by Gasteiger charge is 2.43. The molecule has 30 heavy (non-hydrogen) atoms. The van der Waals surface area contributed by atoms with Crippen molar-refractivity contribution in [2.75, 3.05) is 0 Å². The van der Waals surface area contributed by atoms with Crippen LogP contribution in [0.3, 0.4) is 0 Å².